The molecule has 2 aromatic carbocycles. The van der Waals surface area contributed by atoms with Gasteiger partial charge in [-0.1, -0.05) is 30.3 Å². The van der Waals surface area contributed by atoms with Gasteiger partial charge in [0.25, 0.3) is 0 Å². The van der Waals surface area contributed by atoms with Crippen molar-refractivity contribution in [3.63, 3.8) is 0 Å². The lowest BCUT2D eigenvalue weighted by Gasteiger charge is -2.13. The molecule has 1 amide bonds. The number of rotatable bonds is 7. The van der Waals surface area contributed by atoms with Gasteiger partial charge in [-0.15, -0.1) is 0 Å². The predicted molar refractivity (Wildman–Crippen MR) is 113 cm³/mol. The van der Waals surface area contributed by atoms with E-state index in [1.807, 2.05) is 42.5 Å². The molecule has 1 atom stereocenters. The Labute approximate surface area is 166 Å². The van der Waals surface area contributed by atoms with Gasteiger partial charge in [0.05, 0.1) is 6.54 Å². The van der Waals surface area contributed by atoms with Gasteiger partial charge in [-0.3, -0.25) is 4.79 Å². The highest BCUT2D eigenvalue weighted by atomic mass is 16.5. The topological polar surface area (TPSA) is 74.8 Å². The first-order chi connectivity index (χ1) is 13.6. The standard InChI is InChI=1S/C22H28N4O2/c1-3-23-22(25-15-20-14-18-6-4-5-7-21(18)28-20)24-13-12-17-8-10-19(11-9-17)26-16(2)27/h4-11,20H,3,12-15H2,1-2H3,(H,26,27)(H2,23,24,25). The average molecular weight is 380 g/mol. The van der Waals surface area contributed by atoms with E-state index in [0.29, 0.717) is 6.54 Å². The number of carbonyl (C=O) groups is 1. The van der Waals surface area contributed by atoms with Gasteiger partial charge in [-0.2, -0.15) is 0 Å². The van der Waals surface area contributed by atoms with Crippen LogP contribution in [0.25, 0.3) is 0 Å². The Balaban J connectivity index is 1.46. The molecule has 3 rings (SSSR count). The van der Waals surface area contributed by atoms with Crippen molar-refractivity contribution < 1.29 is 9.53 Å². The first-order valence-electron chi connectivity index (χ1n) is 9.77. The highest BCUT2D eigenvalue weighted by Gasteiger charge is 2.21. The summed E-state index contributed by atoms with van der Waals surface area (Å²) in [4.78, 5) is 15.8. The number of nitrogens with zero attached hydrogens (tertiary/aromatic N) is 1. The number of hydrogen-bond donors (Lipinski definition) is 3. The zero-order chi connectivity index (χ0) is 19.8. The van der Waals surface area contributed by atoms with E-state index in [0.717, 1.165) is 43.3 Å². The minimum atomic E-state index is -0.0600. The highest BCUT2D eigenvalue weighted by molar-refractivity contribution is 5.88. The number of amides is 1. The number of benzene rings is 2. The van der Waals surface area contributed by atoms with Crippen LogP contribution in [0.1, 0.15) is 25.0 Å². The molecule has 0 spiro atoms. The van der Waals surface area contributed by atoms with Crippen LogP contribution in [0.2, 0.25) is 0 Å². The zero-order valence-electron chi connectivity index (χ0n) is 16.5. The second-order valence-electron chi connectivity index (χ2n) is 6.83. The van der Waals surface area contributed by atoms with Gasteiger partial charge in [0.1, 0.15) is 11.9 Å². The molecule has 6 heteroatoms. The molecule has 0 aliphatic carbocycles. The SMILES string of the molecule is CCNC(=NCC1Cc2ccccc2O1)NCCc1ccc(NC(C)=O)cc1. The van der Waals surface area contributed by atoms with Crippen molar-refractivity contribution in [2.24, 2.45) is 4.99 Å². The van der Waals surface area contributed by atoms with Crippen molar-refractivity contribution in [2.75, 3.05) is 25.0 Å². The number of carbonyl (C=O) groups excluding carboxylic acids is 1. The highest BCUT2D eigenvalue weighted by Crippen LogP contribution is 2.28. The van der Waals surface area contributed by atoms with Crippen molar-refractivity contribution in [3.05, 3.63) is 59.7 Å². The zero-order valence-corrected chi connectivity index (χ0v) is 16.5. The molecule has 6 nitrogen and oxygen atoms in total. The van der Waals surface area contributed by atoms with Crippen LogP contribution in [-0.2, 0) is 17.6 Å². The second-order valence-corrected chi connectivity index (χ2v) is 6.83. The van der Waals surface area contributed by atoms with Crippen molar-refractivity contribution in [1.29, 1.82) is 0 Å². The Bertz CT molecular complexity index is 793. The van der Waals surface area contributed by atoms with Gasteiger partial charge in [-0.05, 0) is 42.7 Å². The average Bonchev–Trinajstić information content (AvgIpc) is 3.10. The number of hydrogen-bond acceptors (Lipinski definition) is 3. The first kappa shape index (κ1) is 19.7. The summed E-state index contributed by atoms with van der Waals surface area (Å²) in [6, 6.07) is 16.1. The predicted octanol–water partition coefficient (Wildman–Crippen LogP) is 2.75. The van der Waals surface area contributed by atoms with Gasteiger partial charge in [0.2, 0.25) is 5.91 Å². The summed E-state index contributed by atoms with van der Waals surface area (Å²) >= 11 is 0. The third-order valence-electron chi connectivity index (χ3n) is 4.49. The molecule has 0 saturated carbocycles. The van der Waals surface area contributed by atoms with E-state index in [1.54, 1.807) is 0 Å². The molecule has 0 radical (unpaired) electrons. The van der Waals surface area contributed by atoms with Crippen LogP contribution in [0, 0.1) is 0 Å². The first-order valence-corrected chi connectivity index (χ1v) is 9.77. The number of ether oxygens (including phenoxy) is 1. The molecule has 3 N–H and O–H groups in total. The summed E-state index contributed by atoms with van der Waals surface area (Å²) in [7, 11) is 0. The smallest absolute Gasteiger partial charge is 0.221 e. The molecule has 28 heavy (non-hydrogen) atoms. The van der Waals surface area contributed by atoms with Crippen LogP contribution in [0.3, 0.4) is 0 Å². The second kappa shape index (κ2) is 9.78. The number of aliphatic imine (C=N–C) groups is 1. The summed E-state index contributed by atoms with van der Waals surface area (Å²) in [5.41, 5.74) is 3.27. The Hall–Kier alpha value is -3.02. The summed E-state index contributed by atoms with van der Waals surface area (Å²) in [5, 5.41) is 9.43. The summed E-state index contributed by atoms with van der Waals surface area (Å²) in [5.74, 6) is 1.72. The molecular formula is C22H28N4O2. The molecule has 0 saturated heterocycles. The molecule has 1 aliphatic rings. The van der Waals surface area contributed by atoms with Crippen molar-refractivity contribution in [3.8, 4) is 5.75 Å². The van der Waals surface area contributed by atoms with Gasteiger partial charge in [0, 0.05) is 32.1 Å². The normalized spacial score (nSPS) is 15.5. The third-order valence-corrected chi connectivity index (χ3v) is 4.49. The number of nitrogens with one attached hydrogen (secondary N) is 3. The monoisotopic (exact) mass is 380 g/mol. The minimum Gasteiger partial charge on any atom is -0.488 e. The van der Waals surface area contributed by atoms with Gasteiger partial charge in [0.15, 0.2) is 5.96 Å². The molecule has 1 heterocycles. The van der Waals surface area contributed by atoms with Gasteiger partial charge in [-0.25, -0.2) is 4.99 Å². The molecule has 1 unspecified atom stereocenters. The lowest BCUT2D eigenvalue weighted by atomic mass is 10.1. The van der Waals surface area contributed by atoms with E-state index in [4.69, 9.17) is 4.74 Å². The Morgan fingerprint density at radius 1 is 1.14 bits per heavy atom. The fraction of sp³-hybridized carbons (Fsp3) is 0.364. The van der Waals surface area contributed by atoms with E-state index in [1.165, 1.54) is 18.1 Å². The van der Waals surface area contributed by atoms with Crippen LogP contribution < -0.4 is 20.7 Å². The minimum absolute atomic E-state index is 0.0600. The molecule has 1 aliphatic heterocycles. The van der Waals surface area contributed by atoms with E-state index in [2.05, 4.69) is 33.9 Å². The van der Waals surface area contributed by atoms with E-state index in [-0.39, 0.29) is 12.0 Å². The summed E-state index contributed by atoms with van der Waals surface area (Å²) in [6.07, 6.45) is 1.87. The summed E-state index contributed by atoms with van der Waals surface area (Å²) in [6.45, 7) is 5.77. The van der Waals surface area contributed by atoms with Crippen molar-refractivity contribution in [1.82, 2.24) is 10.6 Å². The fourth-order valence-electron chi connectivity index (χ4n) is 3.17. The third kappa shape index (κ3) is 5.74. The molecule has 2 aromatic rings. The molecule has 0 fully saturated rings. The maximum absolute atomic E-state index is 11.1. The van der Waals surface area contributed by atoms with E-state index < -0.39 is 0 Å². The van der Waals surface area contributed by atoms with Crippen LogP contribution in [0.15, 0.2) is 53.5 Å². The Morgan fingerprint density at radius 2 is 1.93 bits per heavy atom. The quantitative estimate of drug-likeness (QED) is 0.510. The molecule has 0 bridgehead atoms. The molecule has 148 valence electrons. The van der Waals surface area contributed by atoms with Crippen molar-refractivity contribution in [2.45, 2.75) is 32.8 Å². The number of anilines is 1. The van der Waals surface area contributed by atoms with Crippen LogP contribution >= 0.6 is 0 Å². The Morgan fingerprint density at radius 3 is 2.64 bits per heavy atom. The van der Waals surface area contributed by atoms with E-state index >= 15 is 0 Å². The Kier molecular flexibility index (Phi) is 6.89. The molecular weight excluding hydrogens is 352 g/mol. The number of guanidine groups is 1. The maximum Gasteiger partial charge on any atom is 0.221 e. The number of para-hydroxylation sites is 1. The lowest BCUT2D eigenvalue weighted by molar-refractivity contribution is -0.114. The van der Waals surface area contributed by atoms with Crippen molar-refractivity contribution >= 4 is 17.6 Å². The number of fused-ring (bicyclic) bond motifs is 1. The van der Waals surface area contributed by atoms with Crippen LogP contribution in [0.5, 0.6) is 5.75 Å². The maximum atomic E-state index is 11.1. The van der Waals surface area contributed by atoms with Gasteiger partial charge < -0.3 is 20.7 Å². The molecule has 0 aromatic heterocycles. The van der Waals surface area contributed by atoms with Crippen LogP contribution in [-0.4, -0.2) is 37.6 Å². The fourth-order valence-corrected chi connectivity index (χ4v) is 3.17. The largest absolute Gasteiger partial charge is 0.488 e. The van der Waals surface area contributed by atoms with Gasteiger partial charge >= 0.3 is 0 Å². The lowest BCUT2D eigenvalue weighted by Crippen LogP contribution is -2.39. The summed E-state index contributed by atoms with van der Waals surface area (Å²) < 4.78 is 5.96. The van der Waals surface area contributed by atoms with E-state index in [9.17, 15) is 4.79 Å². The van der Waals surface area contributed by atoms with Crippen LogP contribution in [0.4, 0.5) is 5.69 Å².